The number of amides is 2. The lowest BCUT2D eigenvalue weighted by atomic mass is 9.95. The standard InChI is InChI=1S/C20H32N2O4/c1-7-11-25-16-10-9-15(13-17(16)26-12-8-2)22-18(23)14(3)21-19(24)20(4,5)6/h9-10,13-14H,7-8,11-12H2,1-6H3,(H,21,24)(H,22,23). The average molecular weight is 364 g/mol. The van der Waals surface area contributed by atoms with Crippen molar-refractivity contribution in [2.45, 2.75) is 60.4 Å². The number of hydrogen-bond donors (Lipinski definition) is 2. The lowest BCUT2D eigenvalue weighted by Crippen LogP contribution is -2.46. The van der Waals surface area contributed by atoms with Gasteiger partial charge in [-0.25, -0.2) is 0 Å². The minimum Gasteiger partial charge on any atom is -0.490 e. The third-order valence-corrected chi connectivity index (χ3v) is 3.56. The van der Waals surface area contributed by atoms with Crippen LogP contribution in [-0.4, -0.2) is 31.1 Å². The van der Waals surface area contributed by atoms with Crippen LogP contribution in [0.3, 0.4) is 0 Å². The molecule has 1 rings (SSSR count). The van der Waals surface area contributed by atoms with E-state index in [0.717, 1.165) is 12.8 Å². The van der Waals surface area contributed by atoms with Crippen LogP contribution in [0.5, 0.6) is 11.5 Å². The number of anilines is 1. The Morgan fingerprint density at radius 3 is 2.15 bits per heavy atom. The molecule has 0 spiro atoms. The Hall–Kier alpha value is -2.24. The molecule has 0 radical (unpaired) electrons. The molecule has 0 bridgehead atoms. The second kappa shape index (κ2) is 10.0. The van der Waals surface area contributed by atoms with Gasteiger partial charge in [-0.05, 0) is 31.9 Å². The van der Waals surface area contributed by atoms with Crippen LogP contribution < -0.4 is 20.1 Å². The van der Waals surface area contributed by atoms with Gasteiger partial charge in [0.05, 0.1) is 13.2 Å². The average Bonchev–Trinajstić information content (AvgIpc) is 2.58. The Kier molecular flexibility index (Phi) is 8.42. The van der Waals surface area contributed by atoms with E-state index >= 15 is 0 Å². The topological polar surface area (TPSA) is 76.7 Å². The van der Waals surface area contributed by atoms with Crippen molar-refractivity contribution in [1.82, 2.24) is 5.32 Å². The van der Waals surface area contributed by atoms with E-state index in [2.05, 4.69) is 10.6 Å². The van der Waals surface area contributed by atoms with Gasteiger partial charge in [0.1, 0.15) is 6.04 Å². The normalized spacial score (nSPS) is 12.2. The van der Waals surface area contributed by atoms with Gasteiger partial charge in [-0.15, -0.1) is 0 Å². The lowest BCUT2D eigenvalue weighted by molar-refractivity contribution is -0.131. The molecule has 0 aromatic heterocycles. The van der Waals surface area contributed by atoms with Crippen molar-refractivity contribution in [3.05, 3.63) is 18.2 Å². The van der Waals surface area contributed by atoms with Crippen LogP contribution in [0.1, 0.15) is 54.4 Å². The van der Waals surface area contributed by atoms with E-state index in [1.165, 1.54) is 0 Å². The van der Waals surface area contributed by atoms with E-state index in [1.807, 2.05) is 13.8 Å². The molecule has 26 heavy (non-hydrogen) atoms. The number of nitrogens with one attached hydrogen (secondary N) is 2. The monoisotopic (exact) mass is 364 g/mol. The number of rotatable bonds is 9. The molecule has 1 aromatic rings. The van der Waals surface area contributed by atoms with Gasteiger partial charge in [-0.2, -0.15) is 0 Å². The predicted molar refractivity (Wildman–Crippen MR) is 104 cm³/mol. The summed E-state index contributed by atoms with van der Waals surface area (Å²) in [5.41, 5.74) is 0.0512. The van der Waals surface area contributed by atoms with Crippen molar-refractivity contribution in [2.75, 3.05) is 18.5 Å². The summed E-state index contributed by atoms with van der Waals surface area (Å²) in [6, 6.07) is 4.66. The van der Waals surface area contributed by atoms with Gasteiger partial charge in [0.2, 0.25) is 11.8 Å². The Bertz CT molecular complexity index is 608. The maximum absolute atomic E-state index is 12.4. The third-order valence-electron chi connectivity index (χ3n) is 3.56. The van der Waals surface area contributed by atoms with Crippen molar-refractivity contribution in [2.24, 2.45) is 5.41 Å². The van der Waals surface area contributed by atoms with Crippen LogP contribution in [0, 0.1) is 5.41 Å². The highest BCUT2D eigenvalue weighted by Crippen LogP contribution is 2.31. The summed E-state index contributed by atoms with van der Waals surface area (Å²) < 4.78 is 11.4. The van der Waals surface area contributed by atoms with Crippen molar-refractivity contribution in [3.63, 3.8) is 0 Å². The molecule has 0 saturated heterocycles. The molecule has 1 aromatic carbocycles. The number of hydrogen-bond acceptors (Lipinski definition) is 4. The Morgan fingerprint density at radius 1 is 1.04 bits per heavy atom. The largest absolute Gasteiger partial charge is 0.490 e. The van der Waals surface area contributed by atoms with Gasteiger partial charge < -0.3 is 20.1 Å². The molecule has 0 aliphatic carbocycles. The fraction of sp³-hybridized carbons (Fsp3) is 0.600. The number of ether oxygens (including phenoxy) is 2. The van der Waals surface area contributed by atoms with Crippen LogP contribution in [0.25, 0.3) is 0 Å². The summed E-state index contributed by atoms with van der Waals surface area (Å²) in [7, 11) is 0. The van der Waals surface area contributed by atoms with Crippen molar-refractivity contribution >= 4 is 17.5 Å². The predicted octanol–water partition coefficient (Wildman–Crippen LogP) is 3.75. The summed E-state index contributed by atoms with van der Waals surface area (Å²) >= 11 is 0. The molecule has 1 atom stereocenters. The minimum absolute atomic E-state index is 0.171. The summed E-state index contributed by atoms with van der Waals surface area (Å²) in [6.45, 7) is 12.3. The Labute approximate surface area is 156 Å². The van der Waals surface area contributed by atoms with Crippen LogP contribution in [0.15, 0.2) is 18.2 Å². The zero-order valence-corrected chi connectivity index (χ0v) is 16.8. The van der Waals surface area contributed by atoms with Gasteiger partial charge in [0.15, 0.2) is 11.5 Å². The van der Waals surface area contributed by atoms with E-state index in [4.69, 9.17) is 9.47 Å². The highest BCUT2D eigenvalue weighted by atomic mass is 16.5. The van der Waals surface area contributed by atoms with Crippen LogP contribution in [0.4, 0.5) is 5.69 Å². The molecule has 2 N–H and O–H groups in total. The molecule has 6 nitrogen and oxygen atoms in total. The summed E-state index contributed by atoms with van der Waals surface area (Å²) in [6.07, 6.45) is 1.77. The van der Waals surface area contributed by atoms with E-state index in [0.29, 0.717) is 30.4 Å². The second-order valence-corrected chi connectivity index (χ2v) is 7.29. The fourth-order valence-corrected chi connectivity index (χ4v) is 1.97. The van der Waals surface area contributed by atoms with E-state index < -0.39 is 11.5 Å². The molecule has 146 valence electrons. The van der Waals surface area contributed by atoms with Gasteiger partial charge in [-0.1, -0.05) is 34.6 Å². The molecule has 0 fully saturated rings. The number of carbonyl (C=O) groups excluding carboxylic acids is 2. The molecule has 6 heteroatoms. The first-order valence-electron chi connectivity index (χ1n) is 9.20. The molecule has 0 aliphatic rings. The molecule has 1 unspecified atom stereocenters. The molecule has 0 heterocycles. The number of carbonyl (C=O) groups is 2. The Morgan fingerprint density at radius 2 is 1.62 bits per heavy atom. The van der Waals surface area contributed by atoms with Crippen LogP contribution in [0.2, 0.25) is 0 Å². The summed E-state index contributed by atoms with van der Waals surface area (Å²) in [5, 5.41) is 5.53. The quantitative estimate of drug-likeness (QED) is 0.699. The van der Waals surface area contributed by atoms with Gasteiger partial charge >= 0.3 is 0 Å². The SMILES string of the molecule is CCCOc1ccc(NC(=O)C(C)NC(=O)C(C)(C)C)cc1OCCC. The highest BCUT2D eigenvalue weighted by Gasteiger charge is 2.25. The van der Waals surface area contributed by atoms with Gasteiger partial charge in [0.25, 0.3) is 0 Å². The third kappa shape index (κ3) is 6.94. The van der Waals surface area contributed by atoms with Crippen molar-refractivity contribution < 1.29 is 19.1 Å². The van der Waals surface area contributed by atoms with Gasteiger partial charge in [-0.3, -0.25) is 9.59 Å². The zero-order valence-electron chi connectivity index (χ0n) is 16.8. The van der Waals surface area contributed by atoms with E-state index in [-0.39, 0.29) is 11.8 Å². The first kappa shape index (κ1) is 21.8. The summed E-state index contributed by atoms with van der Waals surface area (Å²) in [5.74, 6) is 0.804. The van der Waals surface area contributed by atoms with Crippen LogP contribution >= 0.6 is 0 Å². The zero-order chi connectivity index (χ0) is 19.7. The molecule has 0 aliphatic heterocycles. The second-order valence-electron chi connectivity index (χ2n) is 7.29. The van der Waals surface area contributed by atoms with Crippen molar-refractivity contribution in [1.29, 1.82) is 0 Å². The molecular formula is C20H32N2O4. The Balaban J connectivity index is 2.81. The van der Waals surface area contributed by atoms with E-state index in [9.17, 15) is 9.59 Å². The maximum atomic E-state index is 12.4. The molecule has 0 saturated carbocycles. The molecule has 2 amide bonds. The van der Waals surface area contributed by atoms with Crippen molar-refractivity contribution in [3.8, 4) is 11.5 Å². The highest BCUT2D eigenvalue weighted by molar-refractivity contribution is 5.97. The first-order chi connectivity index (χ1) is 12.2. The minimum atomic E-state index is -0.641. The fourth-order valence-electron chi connectivity index (χ4n) is 1.97. The first-order valence-corrected chi connectivity index (χ1v) is 9.20. The smallest absolute Gasteiger partial charge is 0.246 e. The van der Waals surface area contributed by atoms with E-state index in [1.54, 1.807) is 45.9 Å². The van der Waals surface area contributed by atoms with Gasteiger partial charge in [0, 0.05) is 17.2 Å². The summed E-state index contributed by atoms with van der Waals surface area (Å²) in [4.78, 5) is 24.4. The molecular weight excluding hydrogens is 332 g/mol. The number of benzene rings is 1. The lowest BCUT2D eigenvalue weighted by Gasteiger charge is -2.21. The van der Waals surface area contributed by atoms with Crippen LogP contribution in [-0.2, 0) is 9.59 Å². The maximum Gasteiger partial charge on any atom is 0.246 e.